The lowest BCUT2D eigenvalue weighted by atomic mass is 10.1. The van der Waals surface area contributed by atoms with E-state index in [0.29, 0.717) is 10.8 Å². The molecular formula is C9H11N2O2S-. The molecular weight excluding hydrogens is 200 g/mol. The van der Waals surface area contributed by atoms with E-state index < -0.39 is 5.97 Å². The van der Waals surface area contributed by atoms with E-state index in [1.807, 2.05) is 13.8 Å². The highest BCUT2D eigenvalue weighted by molar-refractivity contribution is 7.13. The minimum atomic E-state index is -1.22. The maximum Gasteiger partial charge on any atom is 0.180 e. The average Bonchev–Trinajstić information content (AvgIpc) is 2.46. The number of aliphatic carboxylic acids is 1. The third kappa shape index (κ3) is 2.56. The molecule has 0 amide bonds. The van der Waals surface area contributed by atoms with Gasteiger partial charge in [-0.1, -0.05) is 19.9 Å². The van der Waals surface area contributed by atoms with Crippen LogP contribution < -0.4 is 10.8 Å². The van der Waals surface area contributed by atoms with Crippen LogP contribution in [0, 0.1) is 5.92 Å². The largest absolute Gasteiger partial charge is 0.545 e. The van der Waals surface area contributed by atoms with Crippen molar-refractivity contribution in [2.24, 2.45) is 5.92 Å². The van der Waals surface area contributed by atoms with Crippen molar-refractivity contribution in [1.29, 1.82) is 0 Å². The third-order valence-electron chi connectivity index (χ3n) is 1.52. The van der Waals surface area contributed by atoms with Crippen molar-refractivity contribution in [3.8, 4) is 0 Å². The first-order valence-corrected chi connectivity index (χ1v) is 5.03. The van der Waals surface area contributed by atoms with Gasteiger partial charge in [-0.3, -0.25) is 0 Å². The number of allylic oxidation sites excluding steroid dienone is 1. The Morgan fingerprint density at radius 2 is 2.36 bits per heavy atom. The summed E-state index contributed by atoms with van der Waals surface area (Å²) in [7, 11) is 0. The van der Waals surface area contributed by atoms with Gasteiger partial charge in [0.1, 0.15) is 0 Å². The normalized spacial score (nSPS) is 12.1. The second-order valence-corrected chi connectivity index (χ2v) is 4.07. The summed E-state index contributed by atoms with van der Waals surface area (Å²) in [6.07, 6.45) is 1.60. The number of anilines is 1. The smallest absolute Gasteiger partial charge is 0.180 e. The summed E-state index contributed by atoms with van der Waals surface area (Å²) in [5.41, 5.74) is 5.89. The highest BCUT2D eigenvalue weighted by atomic mass is 32.1. The lowest BCUT2D eigenvalue weighted by Crippen LogP contribution is -2.24. The fourth-order valence-corrected chi connectivity index (χ4v) is 1.57. The minimum absolute atomic E-state index is 0.105. The number of carbonyl (C=O) groups is 1. The van der Waals surface area contributed by atoms with Crippen LogP contribution in [0.15, 0.2) is 11.5 Å². The Morgan fingerprint density at radius 1 is 1.71 bits per heavy atom. The number of carboxylic acid groups (broad SMARTS) is 1. The van der Waals surface area contributed by atoms with Crippen LogP contribution in [0.3, 0.4) is 0 Å². The van der Waals surface area contributed by atoms with E-state index in [-0.39, 0.29) is 11.5 Å². The molecule has 0 aromatic carbocycles. The minimum Gasteiger partial charge on any atom is -0.545 e. The van der Waals surface area contributed by atoms with Gasteiger partial charge in [-0.2, -0.15) is 0 Å². The van der Waals surface area contributed by atoms with Gasteiger partial charge in [0.15, 0.2) is 5.13 Å². The Balaban J connectivity index is 3.07. The predicted octanol–water partition coefficient (Wildman–Crippen LogP) is 0.515. The molecule has 76 valence electrons. The standard InChI is InChI=1S/C9H12N2O2S/c1-5(2)3-6(8(12)13)7-4-14-9(10)11-7/h3-5H,1-2H3,(H2,10,11)(H,12,13)/p-1/b6-3-. The lowest BCUT2D eigenvalue weighted by molar-refractivity contribution is -0.295. The number of hydrogen-bond acceptors (Lipinski definition) is 5. The van der Waals surface area contributed by atoms with E-state index in [2.05, 4.69) is 4.98 Å². The molecule has 0 saturated carbocycles. The molecule has 0 saturated heterocycles. The Hall–Kier alpha value is -1.36. The molecule has 0 aliphatic rings. The van der Waals surface area contributed by atoms with Gasteiger partial charge in [0, 0.05) is 11.0 Å². The van der Waals surface area contributed by atoms with E-state index >= 15 is 0 Å². The number of carbonyl (C=O) groups excluding carboxylic acids is 1. The predicted molar refractivity (Wildman–Crippen MR) is 54.3 cm³/mol. The molecule has 0 unspecified atom stereocenters. The van der Waals surface area contributed by atoms with E-state index in [9.17, 15) is 9.90 Å². The first kappa shape index (κ1) is 10.7. The van der Waals surface area contributed by atoms with Gasteiger partial charge in [-0.25, -0.2) is 4.98 Å². The van der Waals surface area contributed by atoms with Gasteiger partial charge in [0.05, 0.1) is 11.7 Å². The molecule has 14 heavy (non-hydrogen) atoms. The number of nitrogens with zero attached hydrogens (tertiary/aromatic N) is 1. The summed E-state index contributed by atoms with van der Waals surface area (Å²) in [6, 6.07) is 0. The molecule has 1 heterocycles. The van der Waals surface area contributed by atoms with Gasteiger partial charge in [-0.05, 0) is 5.92 Å². The Labute approximate surface area is 86.1 Å². The molecule has 0 aliphatic heterocycles. The summed E-state index contributed by atoms with van der Waals surface area (Å²) in [6.45, 7) is 3.78. The average molecular weight is 211 g/mol. The van der Waals surface area contributed by atoms with Crippen molar-refractivity contribution >= 4 is 28.0 Å². The van der Waals surface area contributed by atoms with Crippen LogP contribution in [0.5, 0.6) is 0 Å². The molecule has 0 spiro atoms. The highest BCUT2D eigenvalue weighted by Gasteiger charge is 2.07. The van der Waals surface area contributed by atoms with Crippen LogP contribution in [0.2, 0.25) is 0 Å². The van der Waals surface area contributed by atoms with Crippen LogP contribution in [-0.2, 0) is 4.79 Å². The number of carboxylic acids is 1. The maximum atomic E-state index is 10.8. The van der Waals surface area contributed by atoms with Gasteiger partial charge in [0.2, 0.25) is 0 Å². The monoisotopic (exact) mass is 211 g/mol. The molecule has 1 aromatic rings. The van der Waals surface area contributed by atoms with Crippen LogP contribution in [0.1, 0.15) is 19.5 Å². The summed E-state index contributed by atoms with van der Waals surface area (Å²) in [4.78, 5) is 14.7. The van der Waals surface area contributed by atoms with Gasteiger partial charge in [-0.15, -0.1) is 11.3 Å². The molecule has 1 rings (SSSR count). The van der Waals surface area contributed by atoms with Crippen molar-refractivity contribution in [2.45, 2.75) is 13.8 Å². The zero-order valence-electron chi connectivity index (χ0n) is 7.98. The van der Waals surface area contributed by atoms with Gasteiger partial charge >= 0.3 is 0 Å². The van der Waals surface area contributed by atoms with E-state index in [0.717, 1.165) is 0 Å². The second-order valence-electron chi connectivity index (χ2n) is 3.18. The Morgan fingerprint density at radius 3 is 2.71 bits per heavy atom. The number of aromatic nitrogens is 1. The zero-order chi connectivity index (χ0) is 10.7. The van der Waals surface area contributed by atoms with Gasteiger partial charge in [0.25, 0.3) is 0 Å². The quantitative estimate of drug-likeness (QED) is 0.739. The van der Waals surface area contributed by atoms with Crippen molar-refractivity contribution in [3.63, 3.8) is 0 Å². The van der Waals surface area contributed by atoms with Crippen molar-refractivity contribution in [1.82, 2.24) is 4.98 Å². The lowest BCUT2D eigenvalue weighted by Gasteiger charge is -2.06. The summed E-state index contributed by atoms with van der Waals surface area (Å²) in [5, 5.41) is 12.8. The molecule has 4 nitrogen and oxygen atoms in total. The maximum absolute atomic E-state index is 10.8. The van der Waals surface area contributed by atoms with Crippen LogP contribution in [-0.4, -0.2) is 11.0 Å². The summed E-state index contributed by atoms with van der Waals surface area (Å²) < 4.78 is 0. The first-order valence-electron chi connectivity index (χ1n) is 4.15. The van der Waals surface area contributed by atoms with Gasteiger partial charge < -0.3 is 15.6 Å². The van der Waals surface area contributed by atoms with Crippen molar-refractivity contribution in [2.75, 3.05) is 5.73 Å². The zero-order valence-corrected chi connectivity index (χ0v) is 8.80. The van der Waals surface area contributed by atoms with Crippen molar-refractivity contribution < 1.29 is 9.90 Å². The fourth-order valence-electron chi connectivity index (χ4n) is 1.00. The third-order valence-corrected chi connectivity index (χ3v) is 2.19. The van der Waals surface area contributed by atoms with E-state index in [4.69, 9.17) is 5.73 Å². The molecule has 0 atom stereocenters. The Bertz CT molecular complexity index is 369. The Kier molecular flexibility index (Phi) is 3.24. The summed E-state index contributed by atoms with van der Waals surface area (Å²) >= 11 is 1.21. The summed E-state index contributed by atoms with van der Waals surface area (Å²) in [5.74, 6) is -1.09. The molecule has 0 radical (unpaired) electrons. The topological polar surface area (TPSA) is 79.0 Å². The fraction of sp³-hybridized carbons (Fsp3) is 0.333. The number of rotatable bonds is 3. The molecule has 0 bridgehead atoms. The molecule has 5 heteroatoms. The van der Waals surface area contributed by atoms with Crippen molar-refractivity contribution in [3.05, 3.63) is 17.2 Å². The SMILES string of the molecule is CC(C)/C=C(\C(=O)[O-])c1csc(N)n1. The molecule has 2 N–H and O–H groups in total. The van der Waals surface area contributed by atoms with E-state index in [1.165, 1.54) is 11.3 Å². The van der Waals surface area contributed by atoms with Crippen LogP contribution >= 0.6 is 11.3 Å². The second kappa shape index (κ2) is 4.23. The number of nitrogen functional groups attached to an aromatic ring is 1. The first-order chi connectivity index (χ1) is 6.50. The molecule has 1 aromatic heterocycles. The molecule has 0 fully saturated rings. The highest BCUT2D eigenvalue weighted by Crippen LogP contribution is 2.20. The van der Waals surface area contributed by atoms with Crippen LogP contribution in [0.25, 0.3) is 5.57 Å². The number of hydrogen-bond donors (Lipinski definition) is 1. The number of thiazole rings is 1. The van der Waals surface area contributed by atoms with E-state index in [1.54, 1.807) is 11.5 Å². The molecule has 0 aliphatic carbocycles. The van der Waals surface area contributed by atoms with Crippen LogP contribution in [0.4, 0.5) is 5.13 Å². The number of nitrogens with two attached hydrogens (primary N) is 1.